The number of rotatable bonds is 2. The van der Waals surface area contributed by atoms with E-state index in [1.807, 2.05) is 31.5 Å². The van der Waals surface area contributed by atoms with Gasteiger partial charge in [0.2, 0.25) is 0 Å². The van der Waals surface area contributed by atoms with Crippen molar-refractivity contribution in [1.82, 2.24) is 15.0 Å². The molecule has 0 amide bonds. The summed E-state index contributed by atoms with van der Waals surface area (Å²) in [7, 11) is 0. The van der Waals surface area contributed by atoms with E-state index >= 15 is 0 Å². The second-order valence-electron chi connectivity index (χ2n) is 5.51. The quantitative estimate of drug-likeness (QED) is 0.835. The molecule has 0 saturated carbocycles. The second-order valence-corrected chi connectivity index (χ2v) is 5.51. The van der Waals surface area contributed by atoms with Crippen molar-refractivity contribution in [3.05, 3.63) is 53.4 Å². The van der Waals surface area contributed by atoms with Gasteiger partial charge in [0.05, 0.1) is 5.56 Å². The molecule has 4 heteroatoms. The van der Waals surface area contributed by atoms with Gasteiger partial charge in [0, 0.05) is 30.2 Å². The lowest BCUT2D eigenvalue weighted by molar-refractivity contribution is 0.771. The lowest BCUT2D eigenvalue weighted by Gasteiger charge is -2.01. The SMILES string of the molecule is CC(C)c1ccc(C#N)cn1.Cc1cnc(C(C)C)nc1. The van der Waals surface area contributed by atoms with Crippen LogP contribution in [0.2, 0.25) is 0 Å². The summed E-state index contributed by atoms with van der Waals surface area (Å²) in [6.07, 6.45) is 5.31. The predicted molar refractivity (Wildman–Crippen MR) is 83.9 cm³/mol. The van der Waals surface area contributed by atoms with Gasteiger partial charge in [0.25, 0.3) is 0 Å². The first-order valence-corrected chi connectivity index (χ1v) is 7.08. The zero-order valence-corrected chi connectivity index (χ0v) is 13.3. The largest absolute Gasteiger partial charge is 0.260 e. The van der Waals surface area contributed by atoms with E-state index in [4.69, 9.17) is 5.26 Å². The summed E-state index contributed by atoms with van der Waals surface area (Å²) >= 11 is 0. The standard InChI is InChI=1S/C9H10N2.C8H12N2/c1-7(2)9-4-3-8(5-10)6-11-9;1-6(2)8-9-4-7(3)5-10-8/h3-4,6-7H,1-2H3;4-6H,1-3H3. The van der Waals surface area contributed by atoms with Crippen molar-refractivity contribution >= 4 is 0 Å². The van der Waals surface area contributed by atoms with Gasteiger partial charge in [0.15, 0.2) is 0 Å². The van der Waals surface area contributed by atoms with Crippen molar-refractivity contribution in [3.63, 3.8) is 0 Å². The van der Waals surface area contributed by atoms with E-state index in [1.165, 1.54) is 0 Å². The third-order valence-electron chi connectivity index (χ3n) is 2.82. The van der Waals surface area contributed by atoms with Gasteiger partial charge in [-0.1, -0.05) is 27.7 Å². The van der Waals surface area contributed by atoms with Crippen LogP contribution in [0.25, 0.3) is 0 Å². The Hall–Kier alpha value is -2.28. The number of hydrogen-bond donors (Lipinski definition) is 0. The topological polar surface area (TPSA) is 62.5 Å². The third-order valence-corrected chi connectivity index (χ3v) is 2.82. The minimum Gasteiger partial charge on any atom is -0.260 e. The number of pyridine rings is 1. The minimum absolute atomic E-state index is 0.431. The molecule has 21 heavy (non-hydrogen) atoms. The molecule has 2 aromatic heterocycles. The number of aryl methyl sites for hydroxylation is 1. The Balaban J connectivity index is 0.000000211. The highest BCUT2D eigenvalue weighted by Crippen LogP contribution is 2.10. The zero-order valence-electron chi connectivity index (χ0n) is 13.3. The van der Waals surface area contributed by atoms with E-state index in [2.05, 4.69) is 42.6 Å². The highest BCUT2D eigenvalue weighted by molar-refractivity contribution is 5.26. The fourth-order valence-corrected chi connectivity index (χ4v) is 1.51. The Morgan fingerprint density at radius 3 is 1.90 bits per heavy atom. The minimum atomic E-state index is 0.431. The number of hydrogen-bond acceptors (Lipinski definition) is 4. The summed E-state index contributed by atoms with van der Waals surface area (Å²) in [5.74, 6) is 1.79. The van der Waals surface area contributed by atoms with Crippen LogP contribution in [0, 0.1) is 18.3 Å². The highest BCUT2D eigenvalue weighted by atomic mass is 14.9. The lowest BCUT2D eigenvalue weighted by atomic mass is 10.1. The molecule has 0 saturated heterocycles. The maximum atomic E-state index is 8.48. The predicted octanol–water partition coefficient (Wildman–Crippen LogP) is 3.99. The van der Waals surface area contributed by atoms with Crippen LogP contribution < -0.4 is 0 Å². The molecule has 2 rings (SSSR count). The molecular weight excluding hydrogens is 260 g/mol. The average molecular weight is 282 g/mol. The number of aromatic nitrogens is 3. The molecule has 0 aliphatic carbocycles. The Bertz CT molecular complexity index is 578. The maximum absolute atomic E-state index is 8.48. The fourth-order valence-electron chi connectivity index (χ4n) is 1.51. The first-order valence-electron chi connectivity index (χ1n) is 7.08. The summed E-state index contributed by atoms with van der Waals surface area (Å²) in [5, 5.41) is 8.48. The van der Waals surface area contributed by atoms with Crippen LogP contribution >= 0.6 is 0 Å². The molecule has 0 N–H and O–H groups in total. The normalized spacial score (nSPS) is 10.0. The first kappa shape index (κ1) is 16.8. The van der Waals surface area contributed by atoms with Gasteiger partial charge in [-0.2, -0.15) is 5.26 Å². The molecule has 2 heterocycles. The van der Waals surface area contributed by atoms with E-state index in [1.54, 1.807) is 12.3 Å². The molecular formula is C17H22N4. The monoisotopic (exact) mass is 282 g/mol. The molecule has 110 valence electrons. The summed E-state index contributed by atoms with van der Waals surface area (Å²) < 4.78 is 0. The molecule has 0 bridgehead atoms. The van der Waals surface area contributed by atoms with Crippen LogP contribution in [-0.2, 0) is 0 Å². The van der Waals surface area contributed by atoms with E-state index < -0.39 is 0 Å². The smallest absolute Gasteiger partial charge is 0.130 e. The summed E-state index contributed by atoms with van der Waals surface area (Å²) in [4.78, 5) is 12.5. The van der Waals surface area contributed by atoms with Crippen LogP contribution in [0.4, 0.5) is 0 Å². The van der Waals surface area contributed by atoms with Crippen LogP contribution in [0.5, 0.6) is 0 Å². The summed E-state index contributed by atoms with van der Waals surface area (Å²) in [5.41, 5.74) is 2.77. The molecule has 0 spiro atoms. The Morgan fingerprint density at radius 2 is 1.52 bits per heavy atom. The van der Waals surface area contributed by atoms with E-state index in [-0.39, 0.29) is 0 Å². The second kappa shape index (κ2) is 8.11. The van der Waals surface area contributed by atoms with Crippen LogP contribution in [0.1, 0.15) is 62.2 Å². The average Bonchev–Trinajstić information content (AvgIpc) is 2.48. The molecule has 0 aliphatic rings. The van der Waals surface area contributed by atoms with Crippen LogP contribution in [0.3, 0.4) is 0 Å². The van der Waals surface area contributed by atoms with Crippen molar-refractivity contribution in [2.24, 2.45) is 0 Å². The van der Waals surface area contributed by atoms with E-state index in [9.17, 15) is 0 Å². The van der Waals surface area contributed by atoms with Crippen molar-refractivity contribution in [2.45, 2.75) is 46.5 Å². The fraction of sp³-hybridized carbons (Fsp3) is 0.412. The van der Waals surface area contributed by atoms with Crippen molar-refractivity contribution in [1.29, 1.82) is 5.26 Å². The Labute approximate surface area is 126 Å². The summed E-state index contributed by atoms with van der Waals surface area (Å²) in [6, 6.07) is 5.72. The molecule has 0 unspecified atom stereocenters. The molecule has 2 aromatic rings. The lowest BCUT2D eigenvalue weighted by Crippen LogP contribution is -1.95. The third kappa shape index (κ3) is 5.70. The highest BCUT2D eigenvalue weighted by Gasteiger charge is 1.99. The van der Waals surface area contributed by atoms with Crippen molar-refractivity contribution < 1.29 is 0 Å². The van der Waals surface area contributed by atoms with Crippen LogP contribution in [-0.4, -0.2) is 15.0 Å². The van der Waals surface area contributed by atoms with E-state index in [0.717, 1.165) is 17.1 Å². The molecule has 0 radical (unpaired) electrons. The van der Waals surface area contributed by atoms with Gasteiger partial charge in [-0.15, -0.1) is 0 Å². The van der Waals surface area contributed by atoms with Gasteiger partial charge in [-0.25, -0.2) is 9.97 Å². The van der Waals surface area contributed by atoms with Gasteiger partial charge in [0.1, 0.15) is 11.9 Å². The molecule has 0 aromatic carbocycles. The van der Waals surface area contributed by atoms with Crippen molar-refractivity contribution in [3.8, 4) is 6.07 Å². The van der Waals surface area contributed by atoms with E-state index in [0.29, 0.717) is 17.4 Å². The zero-order chi connectivity index (χ0) is 15.8. The maximum Gasteiger partial charge on any atom is 0.130 e. The first-order chi connectivity index (χ1) is 9.93. The molecule has 0 fully saturated rings. The Morgan fingerprint density at radius 1 is 0.905 bits per heavy atom. The van der Waals surface area contributed by atoms with Gasteiger partial charge in [-0.05, 0) is 30.5 Å². The number of nitrogens with zero attached hydrogens (tertiary/aromatic N) is 4. The molecule has 0 aliphatic heterocycles. The van der Waals surface area contributed by atoms with Gasteiger partial charge < -0.3 is 0 Å². The van der Waals surface area contributed by atoms with Gasteiger partial charge >= 0.3 is 0 Å². The van der Waals surface area contributed by atoms with Gasteiger partial charge in [-0.3, -0.25) is 4.98 Å². The van der Waals surface area contributed by atoms with Crippen LogP contribution in [0.15, 0.2) is 30.7 Å². The van der Waals surface area contributed by atoms with Crippen molar-refractivity contribution in [2.75, 3.05) is 0 Å². The number of nitriles is 1. The summed E-state index contributed by atoms with van der Waals surface area (Å²) in [6.45, 7) is 10.3. The molecule has 0 atom stereocenters. The molecule has 4 nitrogen and oxygen atoms in total. The Kier molecular flexibility index (Phi) is 6.48.